The average molecular weight is 723 g/mol. The first-order valence-electron chi connectivity index (χ1n) is 19.6. The van der Waals surface area contributed by atoms with E-state index in [1.165, 1.54) is 5.57 Å². The Morgan fingerprint density at radius 3 is 1.73 bits per heavy atom. The van der Waals surface area contributed by atoms with Gasteiger partial charge < -0.3 is 30.6 Å². The van der Waals surface area contributed by atoms with Crippen LogP contribution in [0.2, 0.25) is 0 Å². The molecule has 6 saturated carbocycles. The molecule has 0 unspecified atom stereocenters. The molecule has 0 aromatic heterocycles. The second-order valence-electron chi connectivity index (χ2n) is 18.7. The van der Waals surface area contributed by atoms with Gasteiger partial charge in [0.2, 0.25) is 0 Å². The Bertz CT molecular complexity index is 1640. The van der Waals surface area contributed by atoms with Crippen LogP contribution in [0.15, 0.2) is 35.5 Å². The van der Waals surface area contributed by atoms with Gasteiger partial charge in [0.05, 0.1) is 12.2 Å². The van der Waals surface area contributed by atoms with Gasteiger partial charge in [0.15, 0.2) is 23.1 Å². The number of ketones is 4. The van der Waals surface area contributed by atoms with Crippen molar-refractivity contribution in [3.05, 3.63) is 35.5 Å². The highest BCUT2D eigenvalue weighted by Crippen LogP contribution is 2.69. The Morgan fingerprint density at radius 2 is 1.19 bits per heavy atom. The molecule has 286 valence electrons. The number of hydrogen-bond acceptors (Lipinski definition) is 10. The minimum Gasteiger partial charge on any atom is -0.393 e. The van der Waals surface area contributed by atoms with Crippen molar-refractivity contribution in [2.24, 2.45) is 57.2 Å². The SMILES string of the molecule is C[C@]12C=CC(=O)C=C1CC[C@@H]1[C@@H]2[C@@H](O)C[C@@]2(C)[C@H]1CC[C@]2(O)C(=O)CO.C[C@]12CCC(=O)C=C1CC[C@@H]1[C@@H]2[C@@H](O)C[C@@]2(C)[C@H]1CC[C@]2(O)C(=O)CO. The normalized spacial score (nSPS) is 50.2. The van der Waals surface area contributed by atoms with Crippen molar-refractivity contribution in [2.75, 3.05) is 13.2 Å². The molecule has 0 heterocycles. The standard InChI is InChI=1S/C21H30O5.C21H28O5/c2*1-19-7-5-13(23)9-12(19)3-4-14-15-6-8-21(26,17(25)11-22)20(15,2)10-16(24)18(14)19/h9,14-16,18,22,24,26H,3-8,10-11H2,1-2H3;5,7,9,14-16,18,22,24,26H,3-4,6,8,10-11H2,1-2H3/t2*14-,15-,16-,18+,19-,20-,21-/m00/s1. The van der Waals surface area contributed by atoms with Gasteiger partial charge in [0.25, 0.3) is 0 Å². The number of Topliss-reactive ketones (excluding diaryl/α,β-unsaturated/α-hetero) is 2. The Kier molecular flexibility index (Phi) is 9.20. The lowest BCUT2D eigenvalue weighted by Gasteiger charge is -2.60. The van der Waals surface area contributed by atoms with Crippen molar-refractivity contribution in [3.8, 4) is 0 Å². The zero-order valence-corrected chi connectivity index (χ0v) is 31.1. The summed E-state index contributed by atoms with van der Waals surface area (Å²) in [5, 5.41) is 63.4. The Hall–Kier alpha value is -2.34. The van der Waals surface area contributed by atoms with Crippen LogP contribution in [-0.2, 0) is 19.2 Å². The highest BCUT2D eigenvalue weighted by molar-refractivity contribution is 6.01. The van der Waals surface area contributed by atoms with Crippen molar-refractivity contribution < 1.29 is 49.8 Å². The monoisotopic (exact) mass is 722 g/mol. The fourth-order valence-electron chi connectivity index (χ4n) is 14.2. The molecule has 10 nitrogen and oxygen atoms in total. The van der Waals surface area contributed by atoms with Crippen molar-refractivity contribution in [2.45, 2.75) is 128 Å². The first-order valence-corrected chi connectivity index (χ1v) is 19.6. The highest BCUT2D eigenvalue weighted by atomic mass is 16.3. The predicted octanol–water partition coefficient (Wildman–Crippen LogP) is 3.34. The molecule has 0 amide bonds. The molecule has 6 N–H and O–H groups in total. The molecular formula is C42H58O10. The van der Waals surface area contributed by atoms with Crippen LogP contribution in [-0.4, -0.2) is 90.4 Å². The quantitative estimate of drug-likeness (QED) is 0.251. The van der Waals surface area contributed by atoms with Crippen molar-refractivity contribution in [1.29, 1.82) is 0 Å². The first-order chi connectivity index (χ1) is 24.3. The Labute approximate surface area is 306 Å². The second-order valence-corrected chi connectivity index (χ2v) is 18.7. The van der Waals surface area contributed by atoms with E-state index >= 15 is 0 Å². The molecule has 0 aromatic rings. The van der Waals surface area contributed by atoms with Gasteiger partial charge in [-0.15, -0.1) is 0 Å². The van der Waals surface area contributed by atoms with Gasteiger partial charge in [-0.25, -0.2) is 0 Å². The number of hydrogen-bond donors (Lipinski definition) is 6. The van der Waals surface area contributed by atoms with Crippen LogP contribution in [0.25, 0.3) is 0 Å². The fraction of sp³-hybridized carbons (Fsp3) is 0.762. The van der Waals surface area contributed by atoms with E-state index in [1.54, 1.807) is 18.2 Å². The van der Waals surface area contributed by atoms with Gasteiger partial charge in [-0.1, -0.05) is 44.9 Å². The molecule has 8 aliphatic carbocycles. The molecular weight excluding hydrogens is 664 g/mol. The summed E-state index contributed by atoms with van der Waals surface area (Å²) < 4.78 is 0. The summed E-state index contributed by atoms with van der Waals surface area (Å²) in [7, 11) is 0. The lowest BCUT2D eigenvalue weighted by atomic mass is 9.45. The summed E-state index contributed by atoms with van der Waals surface area (Å²) in [6.07, 6.45) is 13.4. The van der Waals surface area contributed by atoms with E-state index in [2.05, 4.69) is 13.8 Å². The van der Waals surface area contributed by atoms with Crippen molar-refractivity contribution in [1.82, 2.24) is 0 Å². The summed E-state index contributed by atoms with van der Waals surface area (Å²) in [5.41, 5.74) is -2.77. The van der Waals surface area contributed by atoms with E-state index in [-0.39, 0.29) is 57.9 Å². The smallest absolute Gasteiger partial charge is 0.190 e. The first kappa shape index (κ1) is 38.0. The van der Waals surface area contributed by atoms with Crippen LogP contribution >= 0.6 is 0 Å². The second kappa shape index (κ2) is 12.6. The third-order valence-corrected chi connectivity index (χ3v) is 16.9. The van der Waals surface area contributed by atoms with Gasteiger partial charge in [-0.2, -0.15) is 0 Å². The van der Waals surface area contributed by atoms with Crippen molar-refractivity contribution >= 4 is 23.1 Å². The maximum absolute atomic E-state index is 12.4. The minimum absolute atomic E-state index is 0.00912. The van der Waals surface area contributed by atoms with E-state index in [1.807, 2.05) is 19.9 Å². The largest absolute Gasteiger partial charge is 0.393 e. The Balaban J connectivity index is 0.000000162. The molecule has 6 fully saturated rings. The summed E-state index contributed by atoms with van der Waals surface area (Å²) in [4.78, 5) is 48.4. The number of fused-ring (bicyclic) bond motifs is 10. The van der Waals surface area contributed by atoms with E-state index < -0.39 is 59.0 Å². The van der Waals surface area contributed by atoms with E-state index in [0.717, 1.165) is 50.5 Å². The van der Waals surface area contributed by atoms with Gasteiger partial charge in [-0.3, -0.25) is 19.2 Å². The molecule has 0 bridgehead atoms. The molecule has 0 aliphatic heterocycles. The van der Waals surface area contributed by atoms with Crippen LogP contribution in [0.1, 0.15) is 105 Å². The van der Waals surface area contributed by atoms with E-state index in [0.29, 0.717) is 32.1 Å². The molecule has 52 heavy (non-hydrogen) atoms. The summed E-state index contributed by atoms with van der Waals surface area (Å²) >= 11 is 0. The molecule has 0 saturated heterocycles. The van der Waals surface area contributed by atoms with Gasteiger partial charge >= 0.3 is 0 Å². The summed E-state index contributed by atoms with van der Waals surface area (Å²) in [5.74, 6) is -0.0866. The number of carbonyl (C=O) groups is 4. The number of rotatable bonds is 4. The fourth-order valence-corrected chi connectivity index (χ4v) is 14.2. The predicted molar refractivity (Wildman–Crippen MR) is 190 cm³/mol. The van der Waals surface area contributed by atoms with Crippen LogP contribution in [0.3, 0.4) is 0 Å². The zero-order valence-electron chi connectivity index (χ0n) is 31.1. The molecule has 0 radical (unpaired) electrons. The summed E-state index contributed by atoms with van der Waals surface area (Å²) in [6, 6.07) is 0. The maximum atomic E-state index is 12.4. The van der Waals surface area contributed by atoms with Crippen LogP contribution in [0.4, 0.5) is 0 Å². The van der Waals surface area contributed by atoms with Crippen LogP contribution in [0.5, 0.6) is 0 Å². The lowest BCUT2D eigenvalue weighted by molar-refractivity contribution is -0.182. The van der Waals surface area contributed by atoms with E-state index in [4.69, 9.17) is 0 Å². The molecule has 0 spiro atoms. The Morgan fingerprint density at radius 1 is 0.692 bits per heavy atom. The average Bonchev–Trinajstić information content (AvgIpc) is 3.53. The molecule has 8 rings (SSSR count). The van der Waals surface area contributed by atoms with E-state index in [9.17, 15) is 49.8 Å². The van der Waals surface area contributed by atoms with Crippen LogP contribution in [0, 0.1) is 57.2 Å². The molecule has 8 aliphatic rings. The maximum Gasteiger partial charge on any atom is 0.190 e. The third kappa shape index (κ3) is 5.03. The topological polar surface area (TPSA) is 190 Å². The lowest BCUT2D eigenvalue weighted by Crippen LogP contribution is -2.62. The minimum atomic E-state index is -1.56. The highest BCUT2D eigenvalue weighted by Gasteiger charge is 2.69. The zero-order chi connectivity index (χ0) is 37.8. The van der Waals surface area contributed by atoms with Crippen LogP contribution < -0.4 is 0 Å². The molecule has 0 aromatic carbocycles. The molecule has 10 heteroatoms. The van der Waals surface area contributed by atoms with Gasteiger partial charge in [0.1, 0.15) is 24.4 Å². The van der Waals surface area contributed by atoms with Crippen molar-refractivity contribution in [3.63, 3.8) is 0 Å². The number of carbonyl (C=O) groups excluding carboxylic acids is 4. The number of aliphatic hydroxyl groups excluding tert-OH is 4. The van der Waals surface area contributed by atoms with Gasteiger partial charge in [-0.05, 0) is 124 Å². The summed E-state index contributed by atoms with van der Waals surface area (Å²) in [6.45, 7) is 6.80. The number of aliphatic hydroxyl groups is 6. The van der Waals surface area contributed by atoms with Gasteiger partial charge in [0, 0.05) is 28.6 Å². The number of allylic oxidation sites excluding steroid dienone is 5. The third-order valence-electron chi connectivity index (χ3n) is 16.9. The molecule has 14 atom stereocenters.